The predicted molar refractivity (Wildman–Crippen MR) is 218 cm³/mol. The van der Waals surface area contributed by atoms with Gasteiger partial charge in [-0.3, -0.25) is 13.9 Å². The SMILES string of the molecule is COc1ccc(C(OC[C@H]2O[C@@H](n3cnc4c(NC(=O)c5ccccc5)ncnc43)[C@@H](F)[C@H]2O[PH](=O)Oc2ccccc2)(c2ccccc2)c2ccc(OC)cc2)cc1. The van der Waals surface area contributed by atoms with Gasteiger partial charge in [0.25, 0.3) is 5.91 Å². The fraction of sp³-hybridized carbons (Fsp3) is 0.182. The Morgan fingerprint density at radius 2 is 1.34 bits per heavy atom. The molecule has 0 radical (unpaired) electrons. The first-order valence-electron chi connectivity index (χ1n) is 18.6. The molecule has 1 N–H and O–H groups in total. The topological polar surface area (TPSA) is 145 Å². The Kier molecular flexibility index (Phi) is 11.7. The maximum atomic E-state index is 17.1. The van der Waals surface area contributed by atoms with Crippen LogP contribution < -0.4 is 19.3 Å². The number of rotatable bonds is 15. The summed E-state index contributed by atoms with van der Waals surface area (Å²) in [5, 5.41) is 2.77. The zero-order valence-corrected chi connectivity index (χ0v) is 32.9. The number of ether oxygens (including phenoxy) is 4. The highest BCUT2D eigenvalue weighted by atomic mass is 31.1. The minimum Gasteiger partial charge on any atom is -0.497 e. The first-order valence-corrected chi connectivity index (χ1v) is 19.9. The van der Waals surface area contributed by atoms with E-state index in [-0.39, 0.29) is 23.6 Å². The monoisotopic (exact) mass is 815 g/mol. The van der Waals surface area contributed by atoms with Gasteiger partial charge in [-0.05, 0) is 65.2 Å². The highest BCUT2D eigenvalue weighted by Crippen LogP contribution is 2.45. The molecule has 0 saturated carbocycles. The molecule has 1 aliphatic rings. The summed E-state index contributed by atoms with van der Waals surface area (Å²) in [6.07, 6.45) is -3.33. The van der Waals surface area contributed by atoms with Crippen molar-refractivity contribution in [1.29, 1.82) is 0 Å². The standard InChI is InChI=1S/C44H39FN5O8P/c1-53-33-22-18-31(19-23-33)44(30-14-8-4-9-15-30,32-20-24-34(54-2)25-21-32)55-26-36-39(58-59(52)57-35-16-10-5-11-17-35)37(45)43(56-36)50-28-48-38-40(46-27-47-41(38)50)49-42(51)29-12-6-3-7-13-29/h3-25,27-28,36-37,39,43,59H,26H2,1-2H3,(H,46,47,49,51)/t36-,37+,39+,43-/m1/s1. The second-order valence-electron chi connectivity index (χ2n) is 13.4. The van der Waals surface area contributed by atoms with E-state index in [1.54, 1.807) is 74.9 Å². The van der Waals surface area contributed by atoms with Gasteiger partial charge in [0.15, 0.2) is 29.4 Å². The molecule has 13 nitrogen and oxygen atoms in total. The number of benzene rings is 5. The van der Waals surface area contributed by atoms with E-state index in [1.165, 1.54) is 17.2 Å². The highest BCUT2D eigenvalue weighted by Gasteiger charge is 2.50. The Labute approximate surface area is 339 Å². The summed E-state index contributed by atoms with van der Waals surface area (Å²) in [6, 6.07) is 41.6. The third-order valence-corrected chi connectivity index (χ3v) is 10.8. The largest absolute Gasteiger partial charge is 0.497 e. The van der Waals surface area contributed by atoms with E-state index in [9.17, 15) is 9.36 Å². The van der Waals surface area contributed by atoms with Gasteiger partial charge in [0, 0.05) is 5.56 Å². The molecule has 7 aromatic rings. The van der Waals surface area contributed by atoms with Gasteiger partial charge < -0.3 is 28.8 Å². The molecule has 300 valence electrons. The van der Waals surface area contributed by atoms with Crippen molar-refractivity contribution >= 4 is 31.1 Å². The minimum absolute atomic E-state index is 0.122. The molecular weight excluding hydrogens is 776 g/mol. The van der Waals surface area contributed by atoms with Crippen LogP contribution in [0.15, 0.2) is 152 Å². The number of carbonyl (C=O) groups excluding carboxylic acids is 1. The highest BCUT2D eigenvalue weighted by molar-refractivity contribution is 7.33. The summed E-state index contributed by atoms with van der Waals surface area (Å²) < 4.78 is 68.1. The molecular formula is C44H39FN5O8P. The first kappa shape index (κ1) is 39.4. The lowest BCUT2D eigenvalue weighted by molar-refractivity contribution is -0.0911. The number of imidazole rings is 1. The number of amides is 1. The molecule has 1 aliphatic heterocycles. The van der Waals surface area contributed by atoms with Gasteiger partial charge in [-0.15, -0.1) is 0 Å². The Balaban J connectivity index is 1.16. The number of nitrogens with one attached hydrogen (secondary N) is 1. The second kappa shape index (κ2) is 17.6. The van der Waals surface area contributed by atoms with Crippen molar-refractivity contribution < 1.29 is 41.7 Å². The van der Waals surface area contributed by atoms with Gasteiger partial charge >= 0.3 is 8.25 Å². The van der Waals surface area contributed by atoms with Crippen molar-refractivity contribution in [2.75, 3.05) is 26.1 Å². The zero-order valence-electron chi connectivity index (χ0n) is 31.9. The lowest BCUT2D eigenvalue weighted by atomic mass is 9.80. The number of alkyl halides is 1. The number of hydrogen-bond donors (Lipinski definition) is 1. The fourth-order valence-electron chi connectivity index (χ4n) is 7.09. The predicted octanol–water partition coefficient (Wildman–Crippen LogP) is 8.19. The van der Waals surface area contributed by atoms with Gasteiger partial charge in [-0.2, -0.15) is 0 Å². The molecule has 59 heavy (non-hydrogen) atoms. The summed E-state index contributed by atoms with van der Waals surface area (Å²) in [6.45, 7) is -0.255. The van der Waals surface area contributed by atoms with Crippen LogP contribution in [0.1, 0.15) is 33.3 Å². The van der Waals surface area contributed by atoms with Crippen LogP contribution in [-0.2, 0) is 24.2 Å². The van der Waals surface area contributed by atoms with Crippen LogP contribution in [0.25, 0.3) is 11.2 Å². The quantitative estimate of drug-likeness (QED) is 0.0790. The minimum atomic E-state index is -3.34. The zero-order chi connectivity index (χ0) is 40.8. The first-order chi connectivity index (χ1) is 28.9. The number of aromatic nitrogens is 4. The van der Waals surface area contributed by atoms with E-state index in [1.807, 2.05) is 78.9 Å². The number of hydrogen-bond acceptors (Lipinski definition) is 11. The Hall–Kier alpha value is -6.44. The molecule has 1 unspecified atom stereocenters. The van der Waals surface area contributed by atoms with Crippen LogP contribution in [0.5, 0.6) is 17.2 Å². The van der Waals surface area contributed by atoms with Gasteiger partial charge in [-0.1, -0.05) is 91.0 Å². The summed E-state index contributed by atoms with van der Waals surface area (Å²) in [4.78, 5) is 26.1. The number of halogens is 1. The number of anilines is 1. The van der Waals surface area contributed by atoms with Crippen LogP contribution >= 0.6 is 8.25 Å². The summed E-state index contributed by atoms with van der Waals surface area (Å²) in [7, 11) is -0.167. The van der Waals surface area contributed by atoms with Gasteiger partial charge in [0.2, 0.25) is 0 Å². The summed E-state index contributed by atoms with van der Waals surface area (Å²) >= 11 is 0. The molecule has 8 rings (SSSR count). The van der Waals surface area contributed by atoms with E-state index in [0.29, 0.717) is 22.8 Å². The summed E-state index contributed by atoms with van der Waals surface area (Å²) in [5.41, 5.74) is 1.75. The lowest BCUT2D eigenvalue weighted by Gasteiger charge is -2.37. The number of para-hydroxylation sites is 1. The van der Waals surface area contributed by atoms with Gasteiger partial charge in [-0.25, -0.2) is 23.9 Å². The van der Waals surface area contributed by atoms with Crippen molar-refractivity contribution in [3.8, 4) is 17.2 Å². The van der Waals surface area contributed by atoms with Crippen molar-refractivity contribution in [2.24, 2.45) is 0 Å². The smallest absolute Gasteiger partial charge is 0.368 e. The van der Waals surface area contributed by atoms with Crippen LogP contribution in [0.3, 0.4) is 0 Å². The van der Waals surface area contributed by atoms with Gasteiger partial charge in [0.1, 0.15) is 41.4 Å². The average molecular weight is 816 g/mol. The van der Waals surface area contributed by atoms with E-state index in [2.05, 4.69) is 20.3 Å². The normalized spacial score (nSPS) is 18.3. The molecule has 15 heteroatoms. The van der Waals surface area contributed by atoms with Crippen molar-refractivity contribution in [1.82, 2.24) is 19.5 Å². The molecule has 5 atom stereocenters. The number of fused-ring (bicyclic) bond motifs is 1. The molecule has 1 amide bonds. The molecule has 0 bridgehead atoms. The number of nitrogens with zero attached hydrogens (tertiary/aromatic N) is 4. The third kappa shape index (κ3) is 8.16. The molecule has 5 aromatic carbocycles. The van der Waals surface area contributed by atoms with Crippen molar-refractivity contribution in [2.45, 2.75) is 30.2 Å². The lowest BCUT2D eigenvalue weighted by Crippen LogP contribution is -2.39. The molecule has 3 heterocycles. The van der Waals surface area contributed by atoms with Crippen LogP contribution in [0.2, 0.25) is 0 Å². The Morgan fingerprint density at radius 1 is 0.763 bits per heavy atom. The fourth-order valence-corrected chi connectivity index (χ4v) is 7.97. The van der Waals surface area contributed by atoms with E-state index < -0.39 is 44.4 Å². The number of carbonyl (C=O) groups is 1. The van der Waals surface area contributed by atoms with E-state index in [4.69, 9.17) is 28.0 Å². The van der Waals surface area contributed by atoms with Gasteiger partial charge in [0.05, 0.1) is 27.2 Å². The van der Waals surface area contributed by atoms with Crippen molar-refractivity contribution in [3.05, 3.63) is 174 Å². The maximum absolute atomic E-state index is 17.1. The molecule has 0 aliphatic carbocycles. The van der Waals surface area contributed by atoms with Crippen LogP contribution in [0.4, 0.5) is 10.2 Å². The van der Waals surface area contributed by atoms with Crippen molar-refractivity contribution in [3.63, 3.8) is 0 Å². The van der Waals surface area contributed by atoms with E-state index >= 15 is 4.39 Å². The summed E-state index contributed by atoms with van der Waals surface area (Å²) in [5.74, 6) is 1.29. The Bertz CT molecular complexity index is 2470. The second-order valence-corrected chi connectivity index (χ2v) is 14.4. The molecule has 1 fully saturated rings. The average Bonchev–Trinajstić information content (AvgIpc) is 3.85. The molecule has 0 spiro atoms. The molecule has 2 aromatic heterocycles. The van der Waals surface area contributed by atoms with E-state index in [0.717, 1.165) is 16.7 Å². The van der Waals surface area contributed by atoms with Crippen LogP contribution in [-0.4, -0.2) is 64.6 Å². The number of methoxy groups -OCH3 is 2. The van der Waals surface area contributed by atoms with Crippen LogP contribution in [0, 0.1) is 0 Å². The molecule has 1 saturated heterocycles. The third-order valence-electron chi connectivity index (χ3n) is 9.98. The maximum Gasteiger partial charge on any atom is 0.368 e. The Morgan fingerprint density at radius 3 is 1.95 bits per heavy atom.